The predicted octanol–water partition coefficient (Wildman–Crippen LogP) is 1.66. The van der Waals surface area contributed by atoms with Gasteiger partial charge in [0.1, 0.15) is 11.5 Å². The van der Waals surface area contributed by atoms with E-state index in [-0.39, 0.29) is 30.5 Å². The number of H-pyrrole nitrogens is 1. The molecule has 0 saturated heterocycles. The molecular formula is C22H25N5O3. The highest BCUT2D eigenvalue weighted by atomic mass is 16.2. The molecule has 2 aromatic carbocycles. The van der Waals surface area contributed by atoms with Gasteiger partial charge in [-0.1, -0.05) is 48.5 Å². The lowest BCUT2D eigenvalue weighted by molar-refractivity contribution is -0.117. The quantitative estimate of drug-likeness (QED) is 0.620. The minimum Gasteiger partial charge on any atom is -0.383 e. The van der Waals surface area contributed by atoms with Gasteiger partial charge in [-0.15, -0.1) is 0 Å². The summed E-state index contributed by atoms with van der Waals surface area (Å²) >= 11 is 0. The molecule has 0 bridgehead atoms. The molecule has 156 valence electrons. The molecule has 0 unspecified atom stereocenters. The SMILES string of the molecule is CCN(C(=O)CN(C)c1c(N)n(Cc2ccccc2)c(=O)[nH]c1=O)c1ccccc1. The van der Waals surface area contributed by atoms with Crippen molar-refractivity contribution in [2.45, 2.75) is 13.5 Å². The van der Waals surface area contributed by atoms with E-state index in [1.54, 1.807) is 11.9 Å². The first-order chi connectivity index (χ1) is 14.4. The second-order valence-electron chi connectivity index (χ2n) is 6.89. The molecule has 0 fully saturated rings. The summed E-state index contributed by atoms with van der Waals surface area (Å²) in [5, 5.41) is 0. The molecule has 1 amide bonds. The van der Waals surface area contributed by atoms with Crippen LogP contribution in [0.15, 0.2) is 70.3 Å². The van der Waals surface area contributed by atoms with E-state index in [1.807, 2.05) is 67.6 Å². The van der Waals surface area contributed by atoms with Crippen LogP contribution < -0.4 is 26.8 Å². The Labute approximate surface area is 174 Å². The van der Waals surface area contributed by atoms with Crippen LogP contribution >= 0.6 is 0 Å². The van der Waals surface area contributed by atoms with Gasteiger partial charge in [0.25, 0.3) is 5.56 Å². The number of anilines is 3. The molecule has 0 spiro atoms. The maximum Gasteiger partial charge on any atom is 0.330 e. The number of hydrogen-bond donors (Lipinski definition) is 2. The highest BCUT2D eigenvalue weighted by Crippen LogP contribution is 2.18. The summed E-state index contributed by atoms with van der Waals surface area (Å²) in [6.45, 7) is 2.50. The van der Waals surface area contributed by atoms with Crippen molar-refractivity contribution >= 4 is 23.1 Å². The van der Waals surface area contributed by atoms with E-state index in [1.165, 1.54) is 9.47 Å². The van der Waals surface area contributed by atoms with E-state index in [0.717, 1.165) is 11.3 Å². The second kappa shape index (κ2) is 9.13. The van der Waals surface area contributed by atoms with E-state index >= 15 is 0 Å². The summed E-state index contributed by atoms with van der Waals surface area (Å²) in [6, 6.07) is 18.6. The largest absolute Gasteiger partial charge is 0.383 e. The zero-order valence-electron chi connectivity index (χ0n) is 17.0. The van der Waals surface area contributed by atoms with Crippen LogP contribution in [0, 0.1) is 0 Å². The number of nitrogens with two attached hydrogens (primary N) is 1. The highest BCUT2D eigenvalue weighted by Gasteiger charge is 2.21. The Kier molecular flexibility index (Phi) is 6.36. The minimum atomic E-state index is -0.625. The molecule has 8 heteroatoms. The molecule has 3 rings (SSSR count). The van der Waals surface area contributed by atoms with Crippen molar-refractivity contribution < 1.29 is 4.79 Å². The van der Waals surface area contributed by atoms with Crippen molar-refractivity contribution in [3.63, 3.8) is 0 Å². The molecular weight excluding hydrogens is 382 g/mol. The van der Waals surface area contributed by atoms with Crippen LogP contribution in [0.4, 0.5) is 17.2 Å². The van der Waals surface area contributed by atoms with E-state index in [4.69, 9.17) is 5.73 Å². The summed E-state index contributed by atoms with van der Waals surface area (Å²) in [7, 11) is 1.61. The molecule has 3 aromatic rings. The van der Waals surface area contributed by atoms with Crippen molar-refractivity contribution in [3.05, 3.63) is 87.1 Å². The van der Waals surface area contributed by atoms with Gasteiger partial charge in [0, 0.05) is 19.3 Å². The van der Waals surface area contributed by atoms with Gasteiger partial charge in [-0.05, 0) is 24.6 Å². The van der Waals surface area contributed by atoms with Gasteiger partial charge in [0.15, 0.2) is 0 Å². The fourth-order valence-electron chi connectivity index (χ4n) is 3.35. The molecule has 0 aliphatic rings. The average molecular weight is 407 g/mol. The van der Waals surface area contributed by atoms with Crippen molar-refractivity contribution in [2.24, 2.45) is 0 Å². The second-order valence-corrected chi connectivity index (χ2v) is 6.89. The first kappa shape index (κ1) is 20.9. The van der Waals surface area contributed by atoms with Gasteiger partial charge in [0.05, 0.1) is 13.1 Å². The van der Waals surface area contributed by atoms with Crippen LogP contribution in [0.3, 0.4) is 0 Å². The number of benzene rings is 2. The number of carbonyl (C=O) groups excluding carboxylic acids is 1. The highest BCUT2D eigenvalue weighted by molar-refractivity contribution is 5.96. The van der Waals surface area contributed by atoms with E-state index in [9.17, 15) is 14.4 Å². The molecule has 30 heavy (non-hydrogen) atoms. The monoisotopic (exact) mass is 407 g/mol. The van der Waals surface area contributed by atoms with Crippen molar-refractivity contribution in [1.82, 2.24) is 9.55 Å². The first-order valence-corrected chi connectivity index (χ1v) is 9.65. The summed E-state index contributed by atoms with van der Waals surface area (Å²) in [5.41, 5.74) is 6.71. The van der Waals surface area contributed by atoms with Crippen LogP contribution in [0.5, 0.6) is 0 Å². The Morgan fingerprint density at radius 3 is 2.23 bits per heavy atom. The van der Waals surface area contributed by atoms with Gasteiger partial charge in [-0.2, -0.15) is 0 Å². The fourth-order valence-corrected chi connectivity index (χ4v) is 3.35. The van der Waals surface area contributed by atoms with Gasteiger partial charge >= 0.3 is 5.69 Å². The summed E-state index contributed by atoms with van der Waals surface area (Å²) in [4.78, 5) is 43.1. The van der Waals surface area contributed by atoms with Crippen LogP contribution in [-0.2, 0) is 11.3 Å². The van der Waals surface area contributed by atoms with E-state index in [0.29, 0.717) is 6.54 Å². The molecule has 0 aliphatic carbocycles. The van der Waals surface area contributed by atoms with Crippen LogP contribution in [0.1, 0.15) is 12.5 Å². The maximum atomic E-state index is 12.9. The molecule has 1 aromatic heterocycles. The number of aromatic nitrogens is 2. The van der Waals surface area contributed by atoms with Crippen LogP contribution in [0.25, 0.3) is 0 Å². The lowest BCUT2D eigenvalue weighted by Crippen LogP contribution is -2.43. The van der Waals surface area contributed by atoms with Gasteiger partial charge in [-0.3, -0.25) is 19.1 Å². The number of amides is 1. The number of nitrogens with zero attached hydrogens (tertiary/aromatic N) is 3. The Morgan fingerprint density at radius 1 is 1.03 bits per heavy atom. The number of carbonyl (C=O) groups is 1. The standard InChI is InChI=1S/C22H25N5O3/c1-3-26(17-12-8-5-9-13-17)18(28)15-25(2)19-20(23)27(22(30)24-21(19)29)14-16-10-6-4-7-11-16/h4-13H,3,14-15,23H2,1-2H3,(H,24,29,30). The molecule has 3 N–H and O–H groups in total. The van der Waals surface area contributed by atoms with Crippen LogP contribution in [-0.4, -0.2) is 35.6 Å². The van der Waals surface area contributed by atoms with Crippen LogP contribution in [0.2, 0.25) is 0 Å². The Bertz CT molecular complexity index is 1120. The molecule has 0 saturated carbocycles. The van der Waals surface area contributed by atoms with E-state index in [2.05, 4.69) is 4.98 Å². The number of nitrogens with one attached hydrogen (secondary N) is 1. The lowest BCUT2D eigenvalue weighted by atomic mass is 10.2. The smallest absolute Gasteiger partial charge is 0.330 e. The Hall–Kier alpha value is -3.81. The molecule has 0 atom stereocenters. The van der Waals surface area contributed by atoms with Crippen molar-refractivity contribution in [1.29, 1.82) is 0 Å². The third-order valence-electron chi connectivity index (χ3n) is 4.84. The Morgan fingerprint density at radius 2 is 1.63 bits per heavy atom. The molecule has 8 nitrogen and oxygen atoms in total. The maximum absolute atomic E-state index is 12.9. The number of rotatable bonds is 7. The first-order valence-electron chi connectivity index (χ1n) is 9.65. The Balaban J connectivity index is 1.89. The zero-order chi connectivity index (χ0) is 21.7. The topological polar surface area (TPSA) is 104 Å². The van der Waals surface area contributed by atoms with Gasteiger partial charge in [-0.25, -0.2) is 4.79 Å². The number of para-hydroxylation sites is 1. The lowest BCUT2D eigenvalue weighted by Gasteiger charge is -2.26. The average Bonchev–Trinajstić information content (AvgIpc) is 2.73. The fraction of sp³-hybridized carbons (Fsp3) is 0.227. The number of aromatic amines is 1. The normalized spacial score (nSPS) is 10.6. The third-order valence-corrected chi connectivity index (χ3v) is 4.84. The van der Waals surface area contributed by atoms with Gasteiger partial charge in [0.2, 0.25) is 5.91 Å². The molecule has 0 radical (unpaired) electrons. The number of hydrogen-bond acceptors (Lipinski definition) is 5. The summed E-state index contributed by atoms with van der Waals surface area (Å²) < 4.78 is 1.29. The predicted molar refractivity (Wildman–Crippen MR) is 119 cm³/mol. The van der Waals surface area contributed by atoms with Gasteiger partial charge < -0.3 is 15.5 Å². The van der Waals surface area contributed by atoms with Crippen molar-refractivity contribution in [3.8, 4) is 0 Å². The summed E-state index contributed by atoms with van der Waals surface area (Å²) in [5.74, 6) is -0.170. The number of likely N-dealkylation sites (N-methyl/N-ethyl adjacent to an activating group) is 2. The minimum absolute atomic E-state index is 0.0191. The molecule has 1 heterocycles. The summed E-state index contributed by atoms with van der Waals surface area (Å²) in [6.07, 6.45) is 0. The number of nitrogen functional groups attached to an aromatic ring is 1. The third kappa shape index (κ3) is 4.43. The molecule has 0 aliphatic heterocycles. The zero-order valence-corrected chi connectivity index (χ0v) is 17.0. The van der Waals surface area contributed by atoms with E-state index < -0.39 is 11.2 Å². The van der Waals surface area contributed by atoms with Crippen molar-refractivity contribution in [2.75, 3.05) is 35.7 Å².